The molecule has 1 aromatic carbocycles. The highest BCUT2D eigenvalue weighted by Crippen LogP contribution is 2.32. The molecule has 2 aromatic heterocycles. The molecular formula is C19H20F3N7O2. The van der Waals surface area contributed by atoms with E-state index in [0.717, 1.165) is 0 Å². The average molecular weight is 435 g/mol. The molecule has 0 spiro atoms. The van der Waals surface area contributed by atoms with Crippen LogP contribution in [0.4, 0.5) is 25.1 Å². The van der Waals surface area contributed by atoms with E-state index < -0.39 is 12.0 Å². The summed E-state index contributed by atoms with van der Waals surface area (Å²) < 4.78 is 50.4. The van der Waals surface area contributed by atoms with E-state index in [1.807, 2.05) is 9.80 Å². The van der Waals surface area contributed by atoms with Crippen LogP contribution in [-0.4, -0.2) is 77.5 Å². The minimum Gasteiger partial charge on any atom is -0.378 e. The van der Waals surface area contributed by atoms with Gasteiger partial charge in [0.25, 0.3) is 0 Å². The molecule has 0 unspecified atom stereocenters. The van der Waals surface area contributed by atoms with E-state index in [-0.39, 0.29) is 16.9 Å². The van der Waals surface area contributed by atoms with Crippen molar-refractivity contribution in [1.29, 1.82) is 0 Å². The Kier molecular flexibility index (Phi) is 5.10. The molecule has 0 atom stereocenters. The fraction of sp³-hybridized carbons (Fsp3) is 0.474. The summed E-state index contributed by atoms with van der Waals surface area (Å²) >= 11 is 0. The summed E-state index contributed by atoms with van der Waals surface area (Å²) in [4.78, 5) is 24.0. The first kappa shape index (κ1) is 19.9. The highest BCUT2D eigenvalue weighted by molar-refractivity contribution is 5.90. The van der Waals surface area contributed by atoms with Crippen LogP contribution in [0.5, 0.6) is 0 Å². The van der Waals surface area contributed by atoms with Crippen LogP contribution >= 0.6 is 0 Å². The normalized spacial score (nSPS) is 18.0. The fourth-order valence-electron chi connectivity index (χ4n) is 3.63. The number of H-pyrrole nitrogens is 1. The van der Waals surface area contributed by atoms with E-state index in [9.17, 15) is 13.2 Å². The number of anilines is 2. The van der Waals surface area contributed by atoms with Crippen molar-refractivity contribution in [2.45, 2.75) is 6.18 Å². The molecule has 2 aliphatic rings. The number of benzene rings is 1. The highest BCUT2D eigenvalue weighted by Gasteiger charge is 2.35. The van der Waals surface area contributed by atoms with Crippen LogP contribution in [-0.2, 0) is 15.7 Å². The van der Waals surface area contributed by atoms with Gasteiger partial charge in [0.2, 0.25) is 17.7 Å². The molecule has 0 saturated carbocycles. The molecule has 2 saturated heterocycles. The van der Waals surface area contributed by atoms with Gasteiger partial charge in [-0.05, 0) is 12.1 Å². The topological polar surface area (TPSA) is 92.3 Å². The van der Waals surface area contributed by atoms with Crippen LogP contribution in [0.1, 0.15) is 5.82 Å². The third-order valence-corrected chi connectivity index (χ3v) is 5.22. The summed E-state index contributed by atoms with van der Waals surface area (Å²) in [6.07, 6.45) is -4.58. The maximum absolute atomic E-state index is 13.2. The number of nitrogens with one attached hydrogen (secondary N) is 1. The summed E-state index contributed by atoms with van der Waals surface area (Å²) in [6, 6.07) is 4.88. The van der Waals surface area contributed by atoms with Gasteiger partial charge in [0.05, 0.1) is 37.5 Å². The minimum absolute atomic E-state index is 0.168. The second kappa shape index (κ2) is 7.93. The number of imidazole rings is 1. The quantitative estimate of drug-likeness (QED) is 0.669. The Hall–Kier alpha value is -2.99. The number of alkyl halides is 3. The molecule has 5 rings (SSSR count). The molecule has 0 bridgehead atoms. The summed E-state index contributed by atoms with van der Waals surface area (Å²) in [5.41, 5.74) is 0.851. The third kappa shape index (κ3) is 4.00. The van der Waals surface area contributed by atoms with Gasteiger partial charge in [-0.3, -0.25) is 0 Å². The molecule has 3 aromatic rings. The zero-order valence-corrected chi connectivity index (χ0v) is 16.5. The van der Waals surface area contributed by atoms with Crippen molar-refractivity contribution in [2.24, 2.45) is 0 Å². The largest absolute Gasteiger partial charge is 0.449 e. The van der Waals surface area contributed by atoms with E-state index in [0.29, 0.717) is 70.1 Å². The standard InChI is InChI=1S/C19H20F3N7O2/c20-19(21,22)16-23-13-3-1-2-12(14(13)24-16)15-25-17(28-4-8-30-9-5-28)27-18(26-15)29-6-10-31-11-7-29/h1-3H,4-11H2,(H,23,24). The first-order valence-electron chi connectivity index (χ1n) is 9.97. The minimum atomic E-state index is -4.58. The molecule has 4 heterocycles. The van der Waals surface area contributed by atoms with Crippen molar-refractivity contribution in [2.75, 3.05) is 62.4 Å². The van der Waals surface area contributed by atoms with Gasteiger partial charge in [-0.2, -0.15) is 28.1 Å². The van der Waals surface area contributed by atoms with Crippen LogP contribution in [0.3, 0.4) is 0 Å². The van der Waals surface area contributed by atoms with Crippen molar-refractivity contribution in [3.8, 4) is 11.4 Å². The van der Waals surface area contributed by atoms with Gasteiger partial charge in [-0.25, -0.2) is 4.98 Å². The van der Waals surface area contributed by atoms with Gasteiger partial charge in [-0.1, -0.05) is 6.07 Å². The van der Waals surface area contributed by atoms with Crippen molar-refractivity contribution < 1.29 is 22.6 Å². The van der Waals surface area contributed by atoms with E-state index in [1.165, 1.54) is 0 Å². The molecule has 1 N–H and O–H groups in total. The SMILES string of the molecule is FC(F)(F)c1nc2c(-c3nc(N4CCOCC4)nc(N4CCOCC4)n3)cccc2[nH]1. The number of hydrogen-bond donors (Lipinski definition) is 1. The molecule has 12 heteroatoms. The maximum Gasteiger partial charge on any atom is 0.449 e. The van der Waals surface area contributed by atoms with E-state index in [1.54, 1.807) is 18.2 Å². The van der Waals surface area contributed by atoms with Gasteiger partial charge < -0.3 is 24.3 Å². The van der Waals surface area contributed by atoms with Crippen LogP contribution in [0.25, 0.3) is 22.4 Å². The molecule has 0 amide bonds. The molecule has 9 nitrogen and oxygen atoms in total. The number of rotatable bonds is 3. The number of halogens is 3. The van der Waals surface area contributed by atoms with Crippen LogP contribution in [0, 0.1) is 0 Å². The van der Waals surface area contributed by atoms with Crippen LogP contribution in [0.2, 0.25) is 0 Å². The predicted molar refractivity (Wildman–Crippen MR) is 106 cm³/mol. The van der Waals surface area contributed by atoms with Gasteiger partial charge in [0, 0.05) is 31.7 Å². The number of aromatic amines is 1. The summed E-state index contributed by atoms with van der Waals surface area (Å²) in [7, 11) is 0. The maximum atomic E-state index is 13.2. The molecule has 31 heavy (non-hydrogen) atoms. The summed E-state index contributed by atoms with van der Waals surface area (Å²) in [6.45, 7) is 4.70. The number of para-hydroxylation sites is 1. The number of fused-ring (bicyclic) bond motifs is 1. The summed E-state index contributed by atoms with van der Waals surface area (Å²) in [5, 5.41) is 0. The average Bonchev–Trinajstić information content (AvgIpc) is 3.25. The number of morpholine rings is 2. The zero-order chi connectivity index (χ0) is 21.4. The lowest BCUT2D eigenvalue weighted by molar-refractivity contribution is -0.144. The van der Waals surface area contributed by atoms with Crippen molar-refractivity contribution in [1.82, 2.24) is 24.9 Å². The van der Waals surface area contributed by atoms with Gasteiger partial charge in [0.1, 0.15) is 0 Å². The van der Waals surface area contributed by atoms with Gasteiger partial charge >= 0.3 is 6.18 Å². The third-order valence-electron chi connectivity index (χ3n) is 5.22. The second-order valence-corrected chi connectivity index (χ2v) is 7.24. The molecule has 0 aliphatic carbocycles. The molecule has 2 aliphatic heterocycles. The number of hydrogen-bond acceptors (Lipinski definition) is 8. The number of nitrogens with zero attached hydrogens (tertiary/aromatic N) is 6. The molecule has 164 valence electrons. The first-order chi connectivity index (χ1) is 15.0. The Morgan fingerprint density at radius 1 is 0.806 bits per heavy atom. The monoisotopic (exact) mass is 435 g/mol. The second-order valence-electron chi connectivity index (χ2n) is 7.24. The zero-order valence-electron chi connectivity index (χ0n) is 16.5. The highest BCUT2D eigenvalue weighted by atomic mass is 19.4. The smallest absolute Gasteiger partial charge is 0.378 e. The lowest BCUT2D eigenvalue weighted by atomic mass is 10.1. The van der Waals surface area contributed by atoms with E-state index in [2.05, 4.69) is 24.9 Å². The first-order valence-corrected chi connectivity index (χ1v) is 9.97. The van der Waals surface area contributed by atoms with Crippen molar-refractivity contribution in [3.63, 3.8) is 0 Å². The van der Waals surface area contributed by atoms with Crippen molar-refractivity contribution in [3.05, 3.63) is 24.0 Å². The lowest BCUT2D eigenvalue weighted by Gasteiger charge is -2.30. The number of ether oxygens (including phenoxy) is 2. The van der Waals surface area contributed by atoms with Crippen LogP contribution in [0.15, 0.2) is 18.2 Å². The summed E-state index contributed by atoms with van der Waals surface area (Å²) in [5.74, 6) is 0.173. The predicted octanol–water partition coefficient (Wildman–Crippen LogP) is 2.11. The Balaban J connectivity index is 1.63. The molecule has 0 radical (unpaired) electrons. The van der Waals surface area contributed by atoms with Crippen molar-refractivity contribution >= 4 is 22.9 Å². The van der Waals surface area contributed by atoms with E-state index >= 15 is 0 Å². The van der Waals surface area contributed by atoms with Gasteiger partial charge in [0.15, 0.2) is 5.82 Å². The molecule has 2 fully saturated rings. The molecular weight excluding hydrogens is 415 g/mol. The number of aromatic nitrogens is 5. The Morgan fingerprint density at radius 3 is 1.94 bits per heavy atom. The Morgan fingerprint density at radius 2 is 1.39 bits per heavy atom. The van der Waals surface area contributed by atoms with Gasteiger partial charge in [-0.15, -0.1) is 0 Å². The Bertz CT molecular complexity index is 1040. The Labute approximate surface area is 175 Å². The lowest BCUT2D eigenvalue weighted by Crippen LogP contribution is -2.40. The van der Waals surface area contributed by atoms with Crippen LogP contribution < -0.4 is 9.80 Å². The van der Waals surface area contributed by atoms with E-state index in [4.69, 9.17) is 9.47 Å². The fourth-order valence-corrected chi connectivity index (χ4v) is 3.63.